The first-order valence-electron chi connectivity index (χ1n) is 6.17. The van der Waals surface area contributed by atoms with E-state index in [4.69, 9.17) is 4.74 Å². The van der Waals surface area contributed by atoms with Crippen molar-refractivity contribution in [2.24, 2.45) is 5.92 Å². The normalized spacial score (nSPS) is 11.9. The number of nitrogens with one attached hydrogen (secondary N) is 1. The molecule has 1 aromatic rings. The number of ether oxygens (including phenoxy) is 1. The van der Waals surface area contributed by atoms with E-state index in [0.717, 1.165) is 18.5 Å². The van der Waals surface area contributed by atoms with Gasteiger partial charge in [0.05, 0.1) is 6.61 Å². The van der Waals surface area contributed by atoms with Crippen molar-refractivity contribution in [3.8, 4) is 0 Å². The largest absolute Gasteiger partial charge is 0.464 e. The fourth-order valence-corrected chi connectivity index (χ4v) is 1.59. The topological polar surface area (TPSA) is 38.3 Å². The number of anilines is 1. The van der Waals surface area contributed by atoms with E-state index in [2.05, 4.69) is 19.2 Å². The molecule has 94 valence electrons. The van der Waals surface area contributed by atoms with Crippen LogP contribution < -0.4 is 5.32 Å². The average Bonchev–Trinajstić information content (AvgIpc) is 2.35. The highest BCUT2D eigenvalue weighted by molar-refractivity contribution is 5.74. The Morgan fingerprint density at radius 2 is 2.06 bits per heavy atom. The summed E-state index contributed by atoms with van der Waals surface area (Å²) in [7, 11) is 0. The molecular weight excluding hydrogens is 214 g/mol. The number of para-hydroxylation sites is 1. The van der Waals surface area contributed by atoms with Crippen LogP contribution in [0.4, 0.5) is 5.69 Å². The van der Waals surface area contributed by atoms with Gasteiger partial charge in [-0.25, -0.2) is 0 Å². The summed E-state index contributed by atoms with van der Waals surface area (Å²) in [6, 6.07) is 9.64. The second kappa shape index (κ2) is 7.71. The summed E-state index contributed by atoms with van der Waals surface area (Å²) in [6.45, 7) is 4.97. The molecule has 0 aliphatic heterocycles. The van der Waals surface area contributed by atoms with E-state index < -0.39 is 0 Å². The van der Waals surface area contributed by atoms with Crippen LogP contribution in [0.5, 0.6) is 0 Å². The van der Waals surface area contributed by atoms with Crippen molar-refractivity contribution < 1.29 is 9.53 Å². The van der Waals surface area contributed by atoms with Crippen molar-refractivity contribution in [3.63, 3.8) is 0 Å². The third kappa shape index (κ3) is 5.95. The van der Waals surface area contributed by atoms with Crippen LogP contribution in [0.15, 0.2) is 30.3 Å². The maximum atomic E-state index is 11.4. The van der Waals surface area contributed by atoms with Gasteiger partial charge in [-0.2, -0.15) is 0 Å². The molecule has 1 rings (SSSR count). The third-order valence-corrected chi connectivity index (χ3v) is 2.52. The van der Waals surface area contributed by atoms with Crippen molar-refractivity contribution in [1.29, 1.82) is 0 Å². The molecule has 0 aliphatic carbocycles. The summed E-state index contributed by atoms with van der Waals surface area (Å²) in [4.78, 5) is 11.4. The molecule has 0 fully saturated rings. The highest BCUT2D eigenvalue weighted by atomic mass is 16.5. The van der Waals surface area contributed by atoms with Gasteiger partial charge in [0.1, 0.15) is 6.54 Å². The van der Waals surface area contributed by atoms with Crippen LogP contribution in [-0.2, 0) is 9.53 Å². The molecule has 3 nitrogen and oxygen atoms in total. The SMILES string of the molecule is CCCC(C)COC(=O)CNc1ccccc1. The van der Waals surface area contributed by atoms with E-state index >= 15 is 0 Å². The van der Waals surface area contributed by atoms with E-state index in [0.29, 0.717) is 12.5 Å². The predicted molar refractivity (Wildman–Crippen MR) is 70.0 cm³/mol. The quantitative estimate of drug-likeness (QED) is 0.738. The van der Waals surface area contributed by atoms with Crippen molar-refractivity contribution >= 4 is 11.7 Å². The summed E-state index contributed by atoms with van der Waals surface area (Å²) < 4.78 is 5.18. The van der Waals surface area contributed by atoms with E-state index in [1.165, 1.54) is 0 Å². The molecule has 1 atom stereocenters. The van der Waals surface area contributed by atoms with Crippen LogP contribution >= 0.6 is 0 Å². The van der Waals surface area contributed by atoms with Gasteiger partial charge >= 0.3 is 5.97 Å². The van der Waals surface area contributed by atoms with Gasteiger partial charge in [0.15, 0.2) is 0 Å². The molecule has 0 heterocycles. The summed E-state index contributed by atoms with van der Waals surface area (Å²) in [6.07, 6.45) is 2.22. The fraction of sp³-hybridized carbons (Fsp3) is 0.500. The third-order valence-electron chi connectivity index (χ3n) is 2.52. The first-order valence-corrected chi connectivity index (χ1v) is 6.17. The number of esters is 1. The predicted octanol–water partition coefficient (Wildman–Crippen LogP) is 3.08. The Balaban J connectivity index is 2.17. The first-order chi connectivity index (χ1) is 8.22. The van der Waals surface area contributed by atoms with Crippen LogP contribution in [0.25, 0.3) is 0 Å². The Hall–Kier alpha value is -1.51. The van der Waals surface area contributed by atoms with Crippen molar-refractivity contribution in [1.82, 2.24) is 0 Å². The Labute approximate surface area is 103 Å². The van der Waals surface area contributed by atoms with Gasteiger partial charge in [-0.1, -0.05) is 38.5 Å². The highest BCUT2D eigenvalue weighted by Crippen LogP contribution is 2.06. The highest BCUT2D eigenvalue weighted by Gasteiger charge is 2.06. The number of hydrogen-bond donors (Lipinski definition) is 1. The van der Waals surface area contributed by atoms with Gasteiger partial charge in [-0.15, -0.1) is 0 Å². The van der Waals surface area contributed by atoms with Crippen LogP contribution in [0.2, 0.25) is 0 Å². The summed E-state index contributed by atoms with van der Waals surface area (Å²) in [5, 5.41) is 3.03. The van der Waals surface area contributed by atoms with Crippen LogP contribution in [0.1, 0.15) is 26.7 Å². The van der Waals surface area contributed by atoms with E-state index in [9.17, 15) is 4.79 Å². The molecule has 0 radical (unpaired) electrons. The van der Waals surface area contributed by atoms with Gasteiger partial charge in [-0.05, 0) is 24.5 Å². The summed E-state index contributed by atoms with van der Waals surface area (Å²) in [5.74, 6) is 0.248. The number of carbonyl (C=O) groups excluding carboxylic acids is 1. The fourth-order valence-electron chi connectivity index (χ4n) is 1.59. The second-order valence-electron chi connectivity index (χ2n) is 4.30. The van der Waals surface area contributed by atoms with E-state index in [1.807, 2.05) is 30.3 Å². The smallest absolute Gasteiger partial charge is 0.325 e. The maximum absolute atomic E-state index is 11.4. The van der Waals surface area contributed by atoms with Crippen molar-refractivity contribution in [3.05, 3.63) is 30.3 Å². The second-order valence-corrected chi connectivity index (χ2v) is 4.30. The van der Waals surface area contributed by atoms with Gasteiger partial charge in [0, 0.05) is 5.69 Å². The molecule has 0 saturated carbocycles. The average molecular weight is 235 g/mol. The molecule has 3 heteroatoms. The van der Waals surface area contributed by atoms with E-state index in [1.54, 1.807) is 0 Å². The molecule has 0 saturated heterocycles. The molecule has 17 heavy (non-hydrogen) atoms. The number of carbonyl (C=O) groups is 1. The molecule has 0 amide bonds. The number of benzene rings is 1. The minimum absolute atomic E-state index is 0.197. The van der Waals surface area contributed by atoms with Crippen molar-refractivity contribution in [2.75, 3.05) is 18.5 Å². The molecule has 0 bridgehead atoms. The maximum Gasteiger partial charge on any atom is 0.325 e. The molecule has 0 aromatic heterocycles. The minimum atomic E-state index is -0.197. The zero-order chi connectivity index (χ0) is 12.5. The zero-order valence-electron chi connectivity index (χ0n) is 10.6. The molecular formula is C14H21NO2. The molecule has 0 spiro atoms. The van der Waals surface area contributed by atoms with Gasteiger partial charge in [-0.3, -0.25) is 4.79 Å². The lowest BCUT2D eigenvalue weighted by atomic mass is 10.1. The van der Waals surface area contributed by atoms with Crippen LogP contribution in [-0.4, -0.2) is 19.1 Å². The lowest BCUT2D eigenvalue weighted by Crippen LogP contribution is -2.19. The Bertz CT molecular complexity index is 324. The Morgan fingerprint density at radius 3 is 2.71 bits per heavy atom. The number of rotatable bonds is 7. The lowest BCUT2D eigenvalue weighted by molar-refractivity contribution is -0.142. The molecule has 1 N–H and O–H groups in total. The molecule has 0 aliphatic rings. The van der Waals surface area contributed by atoms with Crippen LogP contribution in [0, 0.1) is 5.92 Å². The zero-order valence-corrected chi connectivity index (χ0v) is 10.6. The summed E-state index contributed by atoms with van der Waals surface area (Å²) >= 11 is 0. The van der Waals surface area contributed by atoms with Gasteiger partial charge in [0.2, 0.25) is 0 Å². The standard InChI is InChI=1S/C14H21NO2/c1-3-7-12(2)11-17-14(16)10-15-13-8-5-4-6-9-13/h4-6,8-9,12,15H,3,7,10-11H2,1-2H3. The molecule has 1 unspecified atom stereocenters. The Kier molecular flexibility index (Phi) is 6.15. The minimum Gasteiger partial charge on any atom is -0.464 e. The first kappa shape index (κ1) is 13.6. The van der Waals surface area contributed by atoms with Gasteiger partial charge in [0.25, 0.3) is 0 Å². The Morgan fingerprint density at radius 1 is 1.35 bits per heavy atom. The monoisotopic (exact) mass is 235 g/mol. The van der Waals surface area contributed by atoms with E-state index in [-0.39, 0.29) is 12.5 Å². The van der Waals surface area contributed by atoms with Gasteiger partial charge < -0.3 is 10.1 Å². The molecule has 1 aromatic carbocycles. The lowest BCUT2D eigenvalue weighted by Gasteiger charge is -2.11. The summed E-state index contributed by atoms with van der Waals surface area (Å²) in [5.41, 5.74) is 0.936. The van der Waals surface area contributed by atoms with Crippen LogP contribution in [0.3, 0.4) is 0 Å². The van der Waals surface area contributed by atoms with Crippen molar-refractivity contribution in [2.45, 2.75) is 26.7 Å². The number of hydrogen-bond acceptors (Lipinski definition) is 3.